The molecule has 0 aliphatic carbocycles. The Morgan fingerprint density at radius 1 is 1.46 bits per heavy atom. The van der Waals surface area contributed by atoms with Gasteiger partial charge in [0.25, 0.3) is 0 Å². The average Bonchev–Trinajstić information content (AvgIpc) is 2.01. The van der Waals surface area contributed by atoms with Crippen LogP contribution in [0.25, 0.3) is 0 Å². The zero-order chi connectivity index (χ0) is 10.3. The molecule has 0 spiro atoms. The normalized spacial score (nSPS) is 11.5. The van der Waals surface area contributed by atoms with Crippen molar-refractivity contribution in [2.24, 2.45) is 4.99 Å². The molecule has 3 nitrogen and oxygen atoms in total. The van der Waals surface area contributed by atoms with E-state index in [0.717, 1.165) is 5.70 Å². The largest absolute Gasteiger partial charge is 0.369 e. The van der Waals surface area contributed by atoms with Crippen LogP contribution < -0.4 is 5.32 Å². The van der Waals surface area contributed by atoms with E-state index in [0.29, 0.717) is 5.82 Å². The summed E-state index contributed by atoms with van der Waals surface area (Å²) in [7, 11) is 3.81. The number of nitrogens with one attached hydrogen (secondary N) is 1. The molecule has 0 aliphatic rings. The van der Waals surface area contributed by atoms with Crippen molar-refractivity contribution < 1.29 is 0 Å². The predicted molar refractivity (Wildman–Crippen MR) is 58.4 cm³/mol. The third-order valence-electron chi connectivity index (χ3n) is 1.15. The van der Waals surface area contributed by atoms with Gasteiger partial charge in [0, 0.05) is 19.8 Å². The maximum absolute atomic E-state index is 4.07. The molecule has 3 heteroatoms. The van der Waals surface area contributed by atoms with Gasteiger partial charge >= 0.3 is 0 Å². The average molecular weight is 179 g/mol. The highest BCUT2D eigenvalue weighted by Crippen LogP contribution is 1.93. The molecule has 0 radical (unpaired) electrons. The highest BCUT2D eigenvalue weighted by Gasteiger charge is 1.88. The lowest BCUT2D eigenvalue weighted by Gasteiger charge is -2.06. The smallest absolute Gasteiger partial charge is 0.124 e. The van der Waals surface area contributed by atoms with E-state index in [1.165, 1.54) is 0 Å². The van der Waals surface area contributed by atoms with E-state index < -0.39 is 0 Å². The molecule has 0 aromatic heterocycles. The Hall–Kier alpha value is -1.51. The minimum Gasteiger partial charge on any atom is -0.369 e. The molecule has 0 aliphatic heterocycles. The third-order valence-corrected chi connectivity index (χ3v) is 1.15. The van der Waals surface area contributed by atoms with Crippen molar-refractivity contribution in [3.05, 3.63) is 36.8 Å². The van der Waals surface area contributed by atoms with E-state index in [2.05, 4.69) is 23.5 Å². The number of aliphatic imine (C=N–C) groups is 1. The van der Waals surface area contributed by atoms with Gasteiger partial charge in [0.15, 0.2) is 0 Å². The molecule has 0 bridgehead atoms. The Morgan fingerprint density at radius 2 is 2.08 bits per heavy atom. The summed E-state index contributed by atoms with van der Waals surface area (Å²) in [6, 6.07) is 0. The van der Waals surface area contributed by atoms with Crippen LogP contribution in [0, 0.1) is 0 Å². The minimum atomic E-state index is 0.615. The second-order valence-corrected chi connectivity index (χ2v) is 2.87. The molecule has 0 rings (SSSR count). The van der Waals surface area contributed by atoms with E-state index in [4.69, 9.17) is 0 Å². The van der Waals surface area contributed by atoms with Gasteiger partial charge in [-0.3, -0.25) is 0 Å². The second kappa shape index (κ2) is 6.06. The van der Waals surface area contributed by atoms with Crippen LogP contribution in [0.1, 0.15) is 6.92 Å². The van der Waals surface area contributed by atoms with Crippen molar-refractivity contribution in [2.45, 2.75) is 6.92 Å². The lowest BCUT2D eigenvalue weighted by molar-refractivity contribution is 0.640. The molecule has 0 heterocycles. The topological polar surface area (TPSA) is 27.6 Å². The highest BCUT2D eigenvalue weighted by molar-refractivity contribution is 5.55. The fraction of sp³-hybridized carbons (Fsp3) is 0.300. The summed E-state index contributed by atoms with van der Waals surface area (Å²) in [6.07, 6.45) is 5.26. The van der Waals surface area contributed by atoms with Crippen LogP contribution in [0.15, 0.2) is 41.8 Å². The number of rotatable bonds is 5. The maximum atomic E-state index is 4.07. The van der Waals surface area contributed by atoms with Gasteiger partial charge in [0.2, 0.25) is 0 Å². The van der Waals surface area contributed by atoms with E-state index in [1.807, 2.05) is 32.0 Å². The van der Waals surface area contributed by atoms with E-state index in [1.54, 1.807) is 12.4 Å². The van der Waals surface area contributed by atoms with Crippen LogP contribution in [0.5, 0.6) is 0 Å². The van der Waals surface area contributed by atoms with Gasteiger partial charge in [-0.25, -0.2) is 4.99 Å². The van der Waals surface area contributed by atoms with Crippen molar-refractivity contribution in [3.8, 4) is 0 Å². The zero-order valence-corrected chi connectivity index (χ0v) is 8.54. The first-order valence-corrected chi connectivity index (χ1v) is 4.02. The van der Waals surface area contributed by atoms with Crippen molar-refractivity contribution in [1.29, 1.82) is 0 Å². The highest BCUT2D eigenvalue weighted by atomic mass is 15.1. The van der Waals surface area contributed by atoms with E-state index in [9.17, 15) is 0 Å². The lowest BCUT2D eigenvalue weighted by atomic mass is 10.4. The van der Waals surface area contributed by atoms with E-state index >= 15 is 0 Å². The number of nitrogens with zero attached hydrogens (tertiary/aromatic N) is 2. The van der Waals surface area contributed by atoms with Gasteiger partial charge in [-0.2, -0.15) is 0 Å². The van der Waals surface area contributed by atoms with Crippen LogP contribution >= 0.6 is 0 Å². The monoisotopic (exact) mass is 179 g/mol. The van der Waals surface area contributed by atoms with Gasteiger partial charge < -0.3 is 10.2 Å². The van der Waals surface area contributed by atoms with Crippen LogP contribution in [0.4, 0.5) is 0 Å². The van der Waals surface area contributed by atoms with Gasteiger partial charge in [0.1, 0.15) is 5.82 Å². The molecule has 0 fully saturated rings. The fourth-order valence-corrected chi connectivity index (χ4v) is 0.663. The summed E-state index contributed by atoms with van der Waals surface area (Å²) in [5.41, 5.74) is 0.968. The standard InChI is InChI=1S/C10H17N3/c1-6-7-9(2)12-10(3)11-8-13(4)5/h6-8,12H,1,3H2,2,4-5H3/b9-7+,11-8+. The van der Waals surface area contributed by atoms with Crippen LogP contribution in [0.3, 0.4) is 0 Å². The first-order valence-electron chi connectivity index (χ1n) is 4.02. The molecule has 0 amide bonds. The lowest BCUT2D eigenvalue weighted by Crippen LogP contribution is -2.12. The van der Waals surface area contributed by atoms with Gasteiger partial charge in [-0.15, -0.1) is 0 Å². The predicted octanol–water partition coefficient (Wildman–Crippen LogP) is 1.73. The molecule has 0 saturated carbocycles. The van der Waals surface area contributed by atoms with Gasteiger partial charge in [-0.05, 0) is 13.0 Å². The van der Waals surface area contributed by atoms with Crippen LogP contribution in [0.2, 0.25) is 0 Å². The van der Waals surface area contributed by atoms with Crippen molar-refractivity contribution in [2.75, 3.05) is 14.1 Å². The number of allylic oxidation sites excluding steroid dienone is 3. The Kier molecular flexibility index (Phi) is 5.35. The molecule has 13 heavy (non-hydrogen) atoms. The first-order chi connectivity index (χ1) is 6.06. The second-order valence-electron chi connectivity index (χ2n) is 2.87. The van der Waals surface area contributed by atoms with Gasteiger partial charge in [0.05, 0.1) is 6.34 Å². The summed E-state index contributed by atoms with van der Waals surface area (Å²) >= 11 is 0. The van der Waals surface area contributed by atoms with Crippen molar-refractivity contribution in [1.82, 2.24) is 10.2 Å². The molecule has 0 aromatic rings. The molecule has 0 unspecified atom stereocenters. The summed E-state index contributed by atoms with van der Waals surface area (Å²) in [5, 5.41) is 3.01. The molecular formula is C10H17N3. The van der Waals surface area contributed by atoms with Crippen LogP contribution in [-0.2, 0) is 0 Å². The maximum Gasteiger partial charge on any atom is 0.124 e. The summed E-state index contributed by atoms with van der Waals surface area (Å²) in [4.78, 5) is 5.91. The number of hydrogen-bond donors (Lipinski definition) is 1. The Labute approximate surface area is 80.2 Å². The van der Waals surface area contributed by atoms with Gasteiger partial charge in [-0.1, -0.05) is 19.2 Å². The Balaban J connectivity index is 4.02. The molecule has 0 saturated heterocycles. The zero-order valence-electron chi connectivity index (χ0n) is 8.54. The molecule has 0 atom stereocenters. The summed E-state index contributed by atoms with van der Waals surface area (Å²) in [6.45, 7) is 9.26. The van der Waals surface area contributed by atoms with E-state index in [-0.39, 0.29) is 0 Å². The third kappa shape index (κ3) is 6.87. The Bertz CT molecular complexity index is 237. The fourth-order valence-electron chi connectivity index (χ4n) is 0.663. The molecular weight excluding hydrogens is 162 g/mol. The molecule has 0 aromatic carbocycles. The number of hydrogen-bond acceptors (Lipinski definition) is 2. The summed E-state index contributed by atoms with van der Waals surface area (Å²) in [5.74, 6) is 0.615. The quantitative estimate of drug-likeness (QED) is 0.395. The van der Waals surface area contributed by atoms with Crippen molar-refractivity contribution >= 4 is 6.34 Å². The first kappa shape index (κ1) is 11.5. The molecule has 1 N–H and O–H groups in total. The Morgan fingerprint density at radius 3 is 2.54 bits per heavy atom. The minimum absolute atomic E-state index is 0.615. The van der Waals surface area contributed by atoms with Crippen LogP contribution in [-0.4, -0.2) is 25.3 Å². The van der Waals surface area contributed by atoms with Crippen molar-refractivity contribution in [3.63, 3.8) is 0 Å². The summed E-state index contributed by atoms with van der Waals surface area (Å²) < 4.78 is 0. The SMILES string of the molecule is C=C/C=C(\C)NC(=C)/N=C/N(C)C. The molecule has 72 valence electrons.